The number of nitrogens with zero attached hydrogens (tertiary/aromatic N) is 4. The zero-order valence-corrected chi connectivity index (χ0v) is 19.0. The van der Waals surface area contributed by atoms with Crippen molar-refractivity contribution >= 4 is 5.96 Å². The quantitative estimate of drug-likeness (QED) is 0.372. The van der Waals surface area contributed by atoms with Gasteiger partial charge in [0.1, 0.15) is 0 Å². The van der Waals surface area contributed by atoms with E-state index < -0.39 is 0 Å². The molecule has 3 fully saturated rings. The minimum Gasteiger partial charge on any atom is -0.382 e. The van der Waals surface area contributed by atoms with Crippen molar-refractivity contribution in [2.75, 3.05) is 86.8 Å². The molecule has 0 aromatic rings. The Labute approximate surface area is 177 Å². The zero-order valence-electron chi connectivity index (χ0n) is 19.0. The van der Waals surface area contributed by atoms with Gasteiger partial charge in [0.2, 0.25) is 0 Å². The second-order valence-electron chi connectivity index (χ2n) is 9.14. The first-order chi connectivity index (χ1) is 14.2. The first-order valence-electron chi connectivity index (χ1n) is 11.6. The van der Waals surface area contributed by atoms with Crippen LogP contribution in [-0.2, 0) is 9.47 Å². The van der Waals surface area contributed by atoms with Gasteiger partial charge in [-0.25, -0.2) is 0 Å². The fourth-order valence-corrected chi connectivity index (χ4v) is 5.14. The van der Waals surface area contributed by atoms with Crippen LogP contribution in [0.2, 0.25) is 0 Å². The number of aliphatic imine (C=N–C) groups is 1. The molecule has 1 N–H and O–H groups in total. The van der Waals surface area contributed by atoms with Crippen molar-refractivity contribution in [2.24, 2.45) is 10.9 Å². The van der Waals surface area contributed by atoms with Crippen LogP contribution in [0.4, 0.5) is 0 Å². The second-order valence-corrected chi connectivity index (χ2v) is 9.14. The number of methoxy groups -OCH3 is 1. The van der Waals surface area contributed by atoms with Crippen LogP contribution in [-0.4, -0.2) is 113 Å². The molecular formula is C22H43N5O2. The molecule has 29 heavy (non-hydrogen) atoms. The van der Waals surface area contributed by atoms with Gasteiger partial charge in [0.05, 0.1) is 19.8 Å². The highest BCUT2D eigenvalue weighted by atomic mass is 16.5. The number of guanidine groups is 1. The number of ether oxygens (including phenoxy) is 2. The van der Waals surface area contributed by atoms with Crippen LogP contribution < -0.4 is 5.32 Å². The first kappa shape index (κ1) is 22.8. The van der Waals surface area contributed by atoms with E-state index >= 15 is 0 Å². The topological polar surface area (TPSA) is 52.6 Å². The zero-order chi connectivity index (χ0) is 20.5. The highest BCUT2D eigenvalue weighted by molar-refractivity contribution is 5.80. The molecule has 168 valence electrons. The number of hydrogen-bond donors (Lipinski definition) is 1. The van der Waals surface area contributed by atoms with Gasteiger partial charge in [-0.05, 0) is 65.3 Å². The van der Waals surface area contributed by atoms with E-state index in [1.54, 1.807) is 7.11 Å². The molecule has 1 atom stereocenters. The van der Waals surface area contributed by atoms with Gasteiger partial charge in [-0.15, -0.1) is 0 Å². The Morgan fingerprint density at radius 1 is 1.07 bits per heavy atom. The highest BCUT2D eigenvalue weighted by Gasteiger charge is 2.40. The maximum Gasteiger partial charge on any atom is 0.193 e. The lowest BCUT2D eigenvalue weighted by molar-refractivity contribution is 0.0169. The third-order valence-corrected chi connectivity index (χ3v) is 7.10. The average Bonchev–Trinajstić information content (AvgIpc) is 3.22. The Balaban J connectivity index is 1.52. The summed E-state index contributed by atoms with van der Waals surface area (Å²) in [5.74, 6) is 1.66. The van der Waals surface area contributed by atoms with Gasteiger partial charge in [-0.1, -0.05) is 6.42 Å². The molecule has 0 aromatic heterocycles. The fourth-order valence-electron chi connectivity index (χ4n) is 5.14. The number of piperidine rings is 2. The molecule has 3 aliphatic heterocycles. The van der Waals surface area contributed by atoms with Crippen molar-refractivity contribution in [1.29, 1.82) is 0 Å². The van der Waals surface area contributed by atoms with Gasteiger partial charge >= 0.3 is 0 Å². The third kappa shape index (κ3) is 6.29. The number of rotatable bonds is 8. The molecular weight excluding hydrogens is 366 g/mol. The number of likely N-dealkylation sites (tertiary alicyclic amines) is 3. The van der Waals surface area contributed by atoms with Crippen molar-refractivity contribution in [3.63, 3.8) is 0 Å². The van der Waals surface area contributed by atoms with Crippen molar-refractivity contribution in [3.8, 4) is 0 Å². The molecule has 1 unspecified atom stereocenters. The summed E-state index contributed by atoms with van der Waals surface area (Å²) in [7, 11) is 5.90. The molecule has 3 rings (SSSR count). The van der Waals surface area contributed by atoms with Crippen LogP contribution in [0, 0.1) is 5.92 Å². The minimum atomic E-state index is 0.283. The van der Waals surface area contributed by atoms with E-state index in [2.05, 4.69) is 32.1 Å². The van der Waals surface area contributed by atoms with E-state index in [9.17, 15) is 0 Å². The number of hydrogen-bond acceptors (Lipinski definition) is 5. The summed E-state index contributed by atoms with van der Waals surface area (Å²) < 4.78 is 10.8. The third-order valence-electron chi connectivity index (χ3n) is 7.10. The highest BCUT2D eigenvalue weighted by Crippen LogP contribution is 2.31. The monoisotopic (exact) mass is 409 g/mol. The van der Waals surface area contributed by atoms with Gasteiger partial charge in [-0.3, -0.25) is 9.89 Å². The van der Waals surface area contributed by atoms with E-state index in [1.807, 2.05) is 7.05 Å². The predicted octanol–water partition coefficient (Wildman–Crippen LogP) is 1.50. The van der Waals surface area contributed by atoms with Gasteiger partial charge < -0.3 is 24.6 Å². The van der Waals surface area contributed by atoms with Crippen LogP contribution in [0.5, 0.6) is 0 Å². The molecule has 3 heterocycles. The van der Waals surface area contributed by atoms with Crippen LogP contribution in [0.3, 0.4) is 0 Å². The fraction of sp³-hybridized carbons (Fsp3) is 0.955. The molecule has 3 saturated heterocycles. The van der Waals surface area contributed by atoms with Crippen molar-refractivity contribution in [1.82, 2.24) is 20.0 Å². The predicted molar refractivity (Wildman–Crippen MR) is 119 cm³/mol. The minimum absolute atomic E-state index is 0.283. The molecule has 0 spiro atoms. The molecule has 0 bridgehead atoms. The van der Waals surface area contributed by atoms with E-state index in [0.29, 0.717) is 19.1 Å². The summed E-state index contributed by atoms with van der Waals surface area (Å²) in [6.07, 6.45) is 7.78. The molecule has 7 heteroatoms. The summed E-state index contributed by atoms with van der Waals surface area (Å²) in [5, 5.41) is 3.79. The lowest BCUT2D eigenvalue weighted by Gasteiger charge is -2.50. The summed E-state index contributed by atoms with van der Waals surface area (Å²) in [6.45, 7) is 10.2. The number of nitrogens with one attached hydrogen (secondary N) is 1. The van der Waals surface area contributed by atoms with E-state index in [4.69, 9.17) is 9.47 Å². The van der Waals surface area contributed by atoms with E-state index in [1.165, 1.54) is 64.7 Å². The van der Waals surface area contributed by atoms with E-state index in [-0.39, 0.29) is 5.54 Å². The Bertz CT molecular complexity index is 501. The van der Waals surface area contributed by atoms with Crippen LogP contribution in [0.1, 0.15) is 38.5 Å². The van der Waals surface area contributed by atoms with Crippen LogP contribution in [0.25, 0.3) is 0 Å². The molecule has 7 nitrogen and oxygen atoms in total. The Kier molecular flexibility index (Phi) is 9.03. The van der Waals surface area contributed by atoms with Crippen molar-refractivity contribution < 1.29 is 9.47 Å². The van der Waals surface area contributed by atoms with Gasteiger partial charge in [0.25, 0.3) is 0 Å². The largest absolute Gasteiger partial charge is 0.382 e. The lowest BCUT2D eigenvalue weighted by atomic mass is 9.84. The Morgan fingerprint density at radius 3 is 2.52 bits per heavy atom. The Morgan fingerprint density at radius 2 is 1.83 bits per heavy atom. The standard InChI is InChI=1S/C22H43N5O2/c1-23-21(26-12-7-20(17-26)18-29-16-15-28-3)24-19-22(8-13-25(2)14-9-22)27-10-5-4-6-11-27/h20H,4-19H2,1-3H3,(H,23,24). The van der Waals surface area contributed by atoms with Gasteiger partial charge in [-0.2, -0.15) is 0 Å². The van der Waals surface area contributed by atoms with Crippen LogP contribution >= 0.6 is 0 Å². The maximum atomic E-state index is 5.76. The molecule has 3 aliphatic rings. The van der Waals surface area contributed by atoms with Crippen molar-refractivity contribution in [3.05, 3.63) is 0 Å². The second kappa shape index (κ2) is 11.5. The van der Waals surface area contributed by atoms with Crippen molar-refractivity contribution in [2.45, 2.75) is 44.1 Å². The lowest BCUT2D eigenvalue weighted by Crippen LogP contribution is -2.62. The van der Waals surface area contributed by atoms with Crippen LogP contribution in [0.15, 0.2) is 4.99 Å². The normalized spacial score (nSPS) is 26.8. The molecule has 0 amide bonds. The molecule has 0 radical (unpaired) electrons. The van der Waals surface area contributed by atoms with Gasteiger partial charge in [0.15, 0.2) is 5.96 Å². The van der Waals surface area contributed by atoms with Gasteiger partial charge in [0, 0.05) is 45.2 Å². The summed E-state index contributed by atoms with van der Waals surface area (Å²) >= 11 is 0. The van der Waals surface area contributed by atoms with E-state index in [0.717, 1.165) is 32.2 Å². The SMILES string of the molecule is CN=C(NCC1(N2CCCCC2)CCN(C)CC1)N1CCC(COCCOC)C1. The first-order valence-corrected chi connectivity index (χ1v) is 11.6. The molecule has 0 aromatic carbocycles. The maximum absolute atomic E-state index is 5.76. The molecule has 0 aliphatic carbocycles. The Hall–Kier alpha value is -0.890. The molecule has 0 saturated carbocycles. The summed E-state index contributed by atoms with van der Waals surface area (Å²) in [5.41, 5.74) is 0.283. The average molecular weight is 410 g/mol. The smallest absolute Gasteiger partial charge is 0.193 e. The summed E-state index contributed by atoms with van der Waals surface area (Å²) in [6, 6.07) is 0. The summed E-state index contributed by atoms with van der Waals surface area (Å²) in [4.78, 5) is 12.3.